The van der Waals surface area contributed by atoms with Gasteiger partial charge in [0.2, 0.25) is 5.95 Å². The van der Waals surface area contributed by atoms with Gasteiger partial charge in [0.25, 0.3) is 0 Å². The van der Waals surface area contributed by atoms with Gasteiger partial charge < -0.3 is 15.1 Å². The SMILES string of the molecule is C[C@@H]1CN(c2ncc(C(F)(F)F)cn2)CCN1C(=O)NCCC1CCN(Cc2cncnc2)CC1. The van der Waals surface area contributed by atoms with E-state index in [1.54, 1.807) is 11.2 Å². The van der Waals surface area contributed by atoms with Crippen LogP contribution < -0.4 is 10.2 Å². The van der Waals surface area contributed by atoms with Crippen LogP contribution in [-0.4, -0.2) is 81.1 Å². The molecule has 2 aliphatic rings. The quantitative estimate of drug-likeness (QED) is 0.663. The number of rotatable bonds is 6. The molecule has 0 saturated carbocycles. The van der Waals surface area contributed by atoms with Gasteiger partial charge in [0.15, 0.2) is 0 Å². The van der Waals surface area contributed by atoms with Crippen molar-refractivity contribution >= 4 is 12.0 Å². The number of piperazine rings is 1. The maximum atomic E-state index is 12.7. The normalized spacial score (nSPS) is 20.2. The number of hydrogen-bond donors (Lipinski definition) is 1. The van der Waals surface area contributed by atoms with E-state index in [-0.39, 0.29) is 18.0 Å². The lowest BCUT2D eigenvalue weighted by molar-refractivity contribution is -0.138. The van der Waals surface area contributed by atoms with Crippen LogP contribution in [0.2, 0.25) is 0 Å². The largest absolute Gasteiger partial charge is 0.419 e. The predicted molar refractivity (Wildman–Crippen MR) is 123 cm³/mol. The second-order valence-corrected chi connectivity index (χ2v) is 9.24. The minimum absolute atomic E-state index is 0.105. The molecule has 12 heteroatoms. The fourth-order valence-corrected chi connectivity index (χ4v) is 4.66. The highest BCUT2D eigenvalue weighted by Gasteiger charge is 2.33. The van der Waals surface area contributed by atoms with Crippen molar-refractivity contribution in [2.45, 2.75) is 44.9 Å². The molecule has 9 nitrogen and oxygen atoms in total. The zero-order valence-corrected chi connectivity index (χ0v) is 19.8. The first-order valence-electron chi connectivity index (χ1n) is 11.9. The Morgan fingerprint density at radius 3 is 2.37 bits per heavy atom. The van der Waals surface area contributed by atoms with Gasteiger partial charge in [0.1, 0.15) is 6.33 Å². The number of hydrogen-bond acceptors (Lipinski definition) is 7. The first-order chi connectivity index (χ1) is 16.8. The van der Waals surface area contributed by atoms with Crippen molar-refractivity contribution in [1.82, 2.24) is 35.1 Å². The number of nitrogens with zero attached hydrogens (tertiary/aromatic N) is 7. The number of halogens is 3. The molecule has 2 saturated heterocycles. The molecular weight excluding hydrogens is 461 g/mol. The fourth-order valence-electron chi connectivity index (χ4n) is 4.66. The van der Waals surface area contributed by atoms with Crippen LogP contribution in [0, 0.1) is 5.92 Å². The van der Waals surface area contributed by atoms with Gasteiger partial charge in [-0.25, -0.2) is 24.7 Å². The van der Waals surface area contributed by atoms with Crippen molar-refractivity contribution in [2.75, 3.05) is 44.2 Å². The monoisotopic (exact) mass is 492 g/mol. The van der Waals surface area contributed by atoms with Crippen LogP contribution in [0.5, 0.6) is 0 Å². The molecule has 4 rings (SSSR count). The number of carbonyl (C=O) groups excluding carboxylic acids is 1. The number of nitrogens with one attached hydrogen (secondary N) is 1. The predicted octanol–water partition coefficient (Wildman–Crippen LogP) is 2.81. The summed E-state index contributed by atoms with van der Waals surface area (Å²) < 4.78 is 38.2. The molecule has 1 atom stereocenters. The number of carbonyl (C=O) groups is 1. The Hall–Kier alpha value is -3.02. The second-order valence-electron chi connectivity index (χ2n) is 9.24. The molecule has 2 aromatic rings. The molecule has 35 heavy (non-hydrogen) atoms. The Morgan fingerprint density at radius 1 is 1.06 bits per heavy atom. The van der Waals surface area contributed by atoms with E-state index in [4.69, 9.17) is 0 Å². The van der Waals surface area contributed by atoms with Crippen LogP contribution in [-0.2, 0) is 12.7 Å². The van der Waals surface area contributed by atoms with Crippen LogP contribution in [0.4, 0.5) is 23.9 Å². The number of urea groups is 1. The molecule has 2 aliphatic heterocycles. The van der Waals surface area contributed by atoms with E-state index in [0.29, 0.717) is 32.1 Å². The van der Waals surface area contributed by atoms with Gasteiger partial charge in [0, 0.05) is 69.1 Å². The average molecular weight is 493 g/mol. The summed E-state index contributed by atoms with van der Waals surface area (Å²) in [5.41, 5.74) is 0.251. The van der Waals surface area contributed by atoms with E-state index in [9.17, 15) is 18.0 Å². The van der Waals surface area contributed by atoms with Crippen LogP contribution in [0.1, 0.15) is 37.3 Å². The molecule has 0 unspecified atom stereocenters. The van der Waals surface area contributed by atoms with Gasteiger partial charge in [-0.05, 0) is 45.2 Å². The molecule has 2 amide bonds. The van der Waals surface area contributed by atoms with Crippen molar-refractivity contribution in [3.63, 3.8) is 0 Å². The number of piperidine rings is 1. The van der Waals surface area contributed by atoms with Crippen LogP contribution in [0.25, 0.3) is 0 Å². The Morgan fingerprint density at radius 2 is 1.74 bits per heavy atom. The molecule has 0 aromatic carbocycles. The first kappa shape index (κ1) is 25.1. The molecule has 0 radical (unpaired) electrons. The lowest BCUT2D eigenvalue weighted by Crippen LogP contribution is -2.57. The Balaban J connectivity index is 1.16. The first-order valence-corrected chi connectivity index (χ1v) is 11.9. The zero-order chi connectivity index (χ0) is 24.8. The number of likely N-dealkylation sites (tertiary alicyclic amines) is 1. The van der Waals surface area contributed by atoms with E-state index in [0.717, 1.165) is 56.9 Å². The van der Waals surface area contributed by atoms with Gasteiger partial charge in [0.05, 0.1) is 5.56 Å². The summed E-state index contributed by atoms with van der Waals surface area (Å²) in [5, 5.41) is 3.04. The topological polar surface area (TPSA) is 90.4 Å². The van der Waals surface area contributed by atoms with Crippen molar-refractivity contribution in [1.29, 1.82) is 0 Å². The molecule has 2 fully saturated rings. The van der Waals surface area contributed by atoms with Crippen LogP contribution in [0.3, 0.4) is 0 Å². The third-order valence-corrected chi connectivity index (χ3v) is 6.69. The van der Waals surface area contributed by atoms with Gasteiger partial charge in [-0.1, -0.05) is 0 Å². The number of anilines is 1. The zero-order valence-electron chi connectivity index (χ0n) is 19.8. The number of alkyl halides is 3. The molecular formula is C23H31F3N8O. The fraction of sp³-hybridized carbons (Fsp3) is 0.609. The maximum Gasteiger partial charge on any atom is 0.419 e. The van der Waals surface area contributed by atoms with E-state index in [2.05, 4.69) is 30.2 Å². The van der Waals surface area contributed by atoms with Crippen LogP contribution in [0.15, 0.2) is 31.1 Å². The molecule has 0 bridgehead atoms. The van der Waals surface area contributed by atoms with Gasteiger partial charge in [-0.15, -0.1) is 0 Å². The molecule has 0 aliphatic carbocycles. The molecule has 0 spiro atoms. The highest BCUT2D eigenvalue weighted by atomic mass is 19.4. The van der Waals surface area contributed by atoms with E-state index < -0.39 is 11.7 Å². The number of amides is 2. The van der Waals surface area contributed by atoms with E-state index in [1.165, 1.54) is 0 Å². The van der Waals surface area contributed by atoms with Crippen molar-refractivity contribution in [3.8, 4) is 0 Å². The third kappa shape index (κ3) is 6.77. The van der Waals surface area contributed by atoms with Crippen molar-refractivity contribution in [2.24, 2.45) is 5.92 Å². The molecule has 4 heterocycles. The van der Waals surface area contributed by atoms with Gasteiger partial charge >= 0.3 is 12.2 Å². The summed E-state index contributed by atoms with van der Waals surface area (Å²) >= 11 is 0. The van der Waals surface area contributed by atoms with E-state index in [1.807, 2.05) is 24.2 Å². The smallest absolute Gasteiger partial charge is 0.338 e. The standard InChI is InChI=1S/C23H31F3N8O/c1-17-14-33(21-30-12-20(13-31-21)23(24,25)26)8-9-34(17)22(35)29-5-2-18-3-6-32(7-4-18)15-19-10-27-16-28-11-19/h10-13,16-18H,2-9,14-15H2,1H3,(H,29,35)/t17-/m1/s1. The summed E-state index contributed by atoms with van der Waals surface area (Å²) in [6.07, 6.45) is 5.53. The maximum absolute atomic E-state index is 12.7. The summed E-state index contributed by atoms with van der Waals surface area (Å²) in [7, 11) is 0. The number of aromatic nitrogens is 4. The summed E-state index contributed by atoms with van der Waals surface area (Å²) in [4.78, 5) is 34.6. The lowest BCUT2D eigenvalue weighted by atomic mass is 9.93. The Bertz CT molecular complexity index is 951. The third-order valence-electron chi connectivity index (χ3n) is 6.69. The van der Waals surface area contributed by atoms with Gasteiger partial charge in [-0.2, -0.15) is 13.2 Å². The highest BCUT2D eigenvalue weighted by Crippen LogP contribution is 2.28. The minimum Gasteiger partial charge on any atom is -0.338 e. The average Bonchev–Trinajstić information content (AvgIpc) is 2.85. The summed E-state index contributed by atoms with van der Waals surface area (Å²) in [5.74, 6) is 0.834. The summed E-state index contributed by atoms with van der Waals surface area (Å²) in [6.45, 7) is 6.85. The Labute approximate surface area is 202 Å². The van der Waals surface area contributed by atoms with E-state index >= 15 is 0 Å². The highest BCUT2D eigenvalue weighted by molar-refractivity contribution is 5.74. The van der Waals surface area contributed by atoms with Crippen molar-refractivity contribution in [3.05, 3.63) is 42.2 Å². The molecule has 2 aromatic heterocycles. The Kier molecular flexibility index (Phi) is 7.99. The molecule has 1 N–H and O–H groups in total. The second kappa shape index (κ2) is 11.1. The van der Waals surface area contributed by atoms with Crippen molar-refractivity contribution < 1.29 is 18.0 Å². The lowest BCUT2D eigenvalue weighted by Gasteiger charge is -2.39. The molecule has 190 valence electrons. The summed E-state index contributed by atoms with van der Waals surface area (Å²) in [6, 6.07) is -0.216. The minimum atomic E-state index is -4.46. The van der Waals surface area contributed by atoms with Gasteiger partial charge in [-0.3, -0.25) is 4.90 Å². The van der Waals surface area contributed by atoms with Crippen LogP contribution >= 0.6 is 0 Å².